The lowest BCUT2D eigenvalue weighted by Crippen LogP contribution is -2.28. The van der Waals surface area contributed by atoms with Gasteiger partial charge in [0.25, 0.3) is 0 Å². The van der Waals surface area contributed by atoms with Crippen LogP contribution in [0, 0.1) is 0 Å². The van der Waals surface area contributed by atoms with Crippen molar-refractivity contribution < 1.29 is 4.48 Å². The van der Waals surface area contributed by atoms with E-state index in [1.54, 1.807) is 0 Å². The fraction of sp³-hybridized carbons (Fsp3) is 0.429. The molecule has 0 unspecified atom stereocenters. The van der Waals surface area contributed by atoms with Crippen molar-refractivity contribution in [3.63, 3.8) is 0 Å². The Labute approximate surface area is 50.5 Å². The molecule has 0 aromatic carbocycles. The molecule has 0 N–H and O–H groups in total. The molecule has 0 saturated heterocycles. The van der Waals surface area contributed by atoms with Crippen LogP contribution in [0.25, 0.3) is 0 Å². The van der Waals surface area contributed by atoms with Gasteiger partial charge in [-0.15, -0.1) is 0 Å². The maximum absolute atomic E-state index is 2.16. The van der Waals surface area contributed by atoms with Gasteiger partial charge < -0.3 is 0 Å². The first-order valence-electron chi connectivity index (χ1n) is 2.83. The van der Waals surface area contributed by atoms with E-state index in [-0.39, 0.29) is 0 Å². The van der Waals surface area contributed by atoms with Crippen LogP contribution in [0.1, 0.15) is 6.92 Å². The summed E-state index contributed by atoms with van der Waals surface area (Å²) in [5.41, 5.74) is 1.39. The van der Waals surface area contributed by atoms with E-state index in [4.69, 9.17) is 0 Å². The third-order valence-electron chi connectivity index (χ3n) is 1.71. The van der Waals surface area contributed by atoms with Crippen molar-refractivity contribution in [3.05, 3.63) is 24.0 Å². The lowest BCUT2D eigenvalue weighted by molar-refractivity contribution is -0.795. The van der Waals surface area contributed by atoms with Crippen LogP contribution in [0.4, 0.5) is 0 Å². The van der Waals surface area contributed by atoms with E-state index in [9.17, 15) is 0 Å². The minimum Gasteiger partial charge on any atom is -0.274 e. The molecule has 0 spiro atoms. The van der Waals surface area contributed by atoms with Gasteiger partial charge in [0, 0.05) is 6.92 Å². The summed E-state index contributed by atoms with van der Waals surface area (Å²) in [6.45, 7) is 2.14. The van der Waals surface area contributed by atoms with Crippen molar-refractivity contribution in [2.45, 2.75) is 6.92 Å². The highest BCUT2D eigenvalue weighted by atomic mass is 15.3. The van der Waals surface area contributed by atoms with Gasteiger partial charge in [-0.2, -0.15) is 0 Å². The molecule has 0 fully saturated rings. The van der Waals surface area contributed by atoms with E-state index in [0.29, 0.717) is 0 Å². The predicted molar refractivity (Wildman–Crippen MR) is 35.0 cm³/mol. The van der Waals surface area contributed by atoms with Gasteiger partial charge in [-0.05, 0) is 12.2 Å². The number of allylic oxidation sites excluding steroid dienone is 3. The number of hydrogen-bond acceptors (Lipinski definition) is 0. The molecule has 1 heteroatoms. The Morgan fingerprint density at radius 1 is 1.38 bits per heavy atom. The SMILES string of the molecule is CC1=CC=C[N+]1(C)C. The Hall–Kier alpha value is -0.560. The lowest BCUT2D eigenvalue weighted by atomic mass is 10.4. The summed E-state index contributed by atoms with van der Waals surface area (Å²) in [4.78, 5) is 0. The summed E-state index contributed by atoms with van der Waals surface area (Å²) >= 11 is 0. The average molecular weight is 110 g/mol. The zero-order chi connectivity index (χ0) is 6.20. The molecule has 1 nitrogen and oxygen atoms in total. The van der Waals surface area contributed by atoms with Crippen molar-refractivity contribution in [2.24, 2.45) is 0 Å². The Balaban J connectivity index is 2.87. The summed E-state index contributed by atoms with van der Waals surface area (Å²) < 4.78 is 0.917. The molecule has 8 heavy (non-hydrogen) atoms. The number of rotatable bonds is 0. The molecule has 1 aliphatic heterocycles. The molecular weight excluding hydrogens is 98.1 g/mol. The van der Waals surface area contributed by atoms with Crippen LogP contribution in [0.3, 0.4) is 0 Å². The highest BCUT2D eigenvalue weighted by Crippen LogP contribution is 2.16. The molecule has 0 amide bonds. The van der Waals surface area contributed by atoms with Gasteiger partial charge in [0.2, 0.25) is 0 Å². The number of hydrogen-bond donors (Lipinski definition) is 0. The van der Waals surface area contributed by atoms with Crippen molar-refractivity contribution in [2.75, 3.05) is 14.1 Å². The first-order valence-corrected chi connectivity index (χ1v) is 2.83. The van der Waals surface area contributed by atoms with Crippen LogP contribution in [0.2, 0.25) is 0 Å². The maximum Gasteiger partial charge on any atom is 0.110 e. The Kier molecular flexibility index (Phi) is 1.01. The van der Waals surface area contributed by atoms with Gasteiger partial charge in [-0.25, -0.2) is 0 Å². The summed E-state index contributed by atoms with van der Waals surface area (Å²) in [7, 11) is 4.32. The first kappa shape index (κ1) is 5.57. The predicted octanol–water partition coefficient (Wildman–Crippen LogP) is 1.49. The zero-order valence-corrected chi connectivity index (χ0v) is 5.68. The van der Waals surface area contributed by atoms with Gasteiger partial charge in [0.05, 0.1) is 14.1 Å². The number of nitrogens with zero attached hydrogens (tertiary/aromatic N) is 1. The van der Waals surface area contributed by atoms with E-state index in [1.807, 2.05) is 0 Å². The smallest absolute Gasteiger partial charge is 0.110 e. The third kappa shape index (κ3) is 0.693. The Morgan fingerprint density at radius 2 is 2.00 bits per heavy atom. The van der Waals surface area contributed by atoms with Gasteiger partial charge in [0.1, 0.15) is 11.9 Å². The topological polar surface area (TPSA) is 0 Å². The molecule has 0 aromatic rings. The minimum absolute atomic E-state index is 0.917. The molecule has 0 saturated carbocycles. The maximum atomic E-state index is 2.16. The van der Waals surface area contributed by atoms with Crippen LogP contribution in [-0.2, 0) is 0 Å². The monoisotopic (exact) mass is 110 g/mol. The minimum atomic E-state index is 0.917. The molecule has 1 aliphatic rings. The van der Waals surface area contributed by atoms with Crippen LogP contribution in [0.15, 0.2) is 24.0 Å². The van der Waals surface area contributed by atoms with E-state index in [2.05, 4.69) is 39.4 Å². The molecule has 0 radical (unpaired) electrons. The van der Waals surface area contributed by atoms with Crippen molar-refractivity contribution in [1.82, 2.24) is 0 Å². The summed E-state index contributed by atoms with van der Waals surface area (Å²) in [6, 6.07) is 0. The molecule has 44 valence electrons. The molecule has 0 bridgehead atoms. The van der Waals surface area contributed by atoms with Crippen LogP contribution in [-0.4, -0.2) is 18.6 Å². The van der Waals surface area contributed by atoms with Gasteiger partial charge in [0.15, 0.2) is 0 Å². The lowest BCUT2D eigenvalue weighted by Gasteiger charge is -2.20. The standard InChI is InChI=1S/C7H12N/c1-7-5-4-6-8(7,2)3/h4-6H,1-3H3/q+1. The molecule has 0 aromatic heterocycles. The highest BCUT2D eigenvalue weighted by molar-refractivity contribution is 5.10. The second-order valence-electron chi connectivity index (χ2n) is 2.69. The third-order valence-corrected chi connectivity index (χ3v) is 1.71. The van der Waals surface area contributed by atoms with Crippen molar-refractivity contribution in [3.8, 4) is 0 Å². The Bertz CT molecular complexity index is 152. The van der Waals surface area contributed by atoms with Gasteiger partial charge in [-0.3, -0.25) is 4.48 Å². The fourth-order valence-corrected chi connectivity index (χ4v) is 0.707. The summed E-state index contributed by atoms with van der Waals surface area (Å²) in [5.74, 6) is 0. The second-order valence-corrected chi connectivity index (χ2v) is 2.69. The van der Waals surface area contributed by atoms with Crippen LogP contribution < -0.4 is 0 Å². The van der Waals surface area contributed by atoms with E-state index < -0.39 is 0 Å². The zero-order valence-electron chi connectivity index (χ0n) is 5.68. The molecule has 0 atom stereocenters. The molecule has 1 heterocycles. The second kappa shape index (κ2) is 1.46. The van der Waals surface area contributed by atoms with E-state index >= 15 is 0 Å². The average Bonchev–Trinajstić information content (AvgIpc) is 1.86. The van der Waals surface area contributed by atoms with Crippen LogP contribution >= 0.6 is 0 Å². The van der Waals surface area contributed by atoms with Crippen LogP contribution in [0.5, 0.6) is 0 Å². The fourth-order valence-electron chi connectivity index (χ4n) is 0.707. The molecule has 1 rings (SSSR count). The summed E-state index contributed by atoms with van der Waals surface area (Å²) in [6.07, 6.45) is 6.39. The normalized spacial score (nSPS) is 23.6. The van der Waals surface area contributed by atoms with E-state index in [1.165, 1.54) is 5.70 Å². The first-order chi connectivity index (χ1) is 3.63. The molecule has 0 aliphatic carbocycles. The largest absolute Gasteiger partial charge is 0.274 e. The highest BCUT2D eigenvalue weighted by Gasteiger charge is 2.16. The van der Waals surface area contributed by atoms with Crippen molar-refractivity contribution >= 4 is 0 Å². The quantitative estimate of drug-likeness (QED) is 0.414. The van der Waals surface area contributed by atoms with Gasteiger partial charge >= 0.3 is 0 Å². The summed E-state index contributed by atoms with van der Waals surface area (Å²) in [5, 5.41) is 0. The number of quaternary nitrogens is 1. The van der Waals surface area contributed by atoms with Gasteiger partial charge in [-0.1, -0.05) is 0 Å². The van der Waals surface area contributed by atoms with E-state index in [0.717, 1.165) is 4.48 Å². The Morgan fingerprint density at radius 3 is 2.12 bits per heavy atom. The molecular formula is C7H12N+. The van der Waals surface area contributed by atoms with Crippen molar-refractivity contribution in [1.29, 1.82) is 0 Å².